The van der Waals surface area contributed by atoms with E-state index in [9.17, 15) is 8.78 Å². The van der Waals surface area contributed by atoms with Gasteiger partial charge in [-0.05, 0) is 55.3 Å². The van der Waals surface area contributed by atoms with Gasteiger partial charge in [-0.2, -0.15) is 0 Å². The molecule has 0 heterocycles. The fraction of sp³-hybridized carbons (Fsp3) is 0.250. The van der Waals surface area contributed by atoms with Gasteiger partial charge in [-0.3, -0.25) is 0 Å². The fourth-order valence-electron chi connectivity index (χ4n) is 2.26. The maximum Gasteiger partial charge on any atom is 0.126 e. The van der Waals surface area contributed by atoms with E-state index in [2.05, 4.69) is 5.32 Å². The van der Waals surface area contributed by atoms with Crippen molar-refractivity contribution >= 4 is 0 Å². The van der Waals surface area contributed by atoms with E-state index in [0.717, 1.165) is 17.2 Å². The molecule has 0 aliphatic rings. The number of nitrogens with one attached hydrogen (secondary N) is 1. The number of benzene rings is 2. The lowest BCUT2D eigenvalue weighted by atomic mass is 9.95. The molecule has 1 atom stereocenters. The molecule has 0 amide bonds. The van der Waals surface area contributed by atoms with E-state index >= 15 is 0 Å². The van der Waals surface area contributed by atoms with Crippen molar-refractivity contribution in [3.05, 3.63) is 70.8 Å². The van der Waals surface area contributed by atoms with Crippen molar-refractivity contribution in [2.75, 3.05) is 7.05 Å². The van der Waals surface area contributed by atoms with Crippen LogP contribution in [0, 0.1) is 18.6 Å². The molecule has 0 radical (unpaired) electrons. The maximum atomic E-state index is 13.7. The van der Waals surface area contributed by atoms with Gasteiger partial charge in [0, 0.05) is 6.04 Å². The molecule has 0 spiro atoms. The molecular weight excluding hydrogens is 244 g/mol. The zero-order valence-corrected chi connectivity index (χ0v) is 11.1. The van der Waals surface area contributed by atoms with Gasteiger partial charge in [0.25, 0.3) is 0 Å². The first-order chi connectivity index (χ1) is 9.11. The molecule has 0 bridgehead atoms. The minimum Gasteiger partial charge on any atom is -0.313 e. The second kappa shape index (κ2) is 5.93. The average molecular weight is 261 g/mol. The second-order valence-corrected chi connectivity index (χ2v) is 4.64. The van der Waals surface area contributed by atoms with Crippen LogP contribution in [0.3, 0.4) is 0 Å². The van der Waals surface area contributed by atoms with E-state index in [1.54, 1.807) is 0 Å². The highest BCUT2D eigenvalue weighted by atomic mass is 19.1. The van der Waals surface area contributed by atoms with Crippen molar-refractivity contribution < 1.29 is 8.78 Å². The first kappa shape index (κ1) is 13.7. The van der Waals surface area contributed by atoms with Gasteiger partial charge >= 0.3 is 0 Å². The summed E-state index contributed by atoms with van der Waals surface area (Å²) in [5.74, 6) is -0.772. The standard InChI is InChI=1S/C16H17F2N/c1-11-5-3-4-6-14(11)16(19-2)10-12-9-13(17)7-8-15(12)18/h3-9,16,19H,10H2,1-2H3. The Bertz CT molecular complexity index is 566. The molecule has 100 valence electrons. The van der Waals surface area contributed by atoms with Crippen LogP contribution in [-0.4, -0.2) is 7.05 Å². The molecule has 0 saturated heterocycles. The molecular formula is C16H17F2N. The lowest BCUT2D eigenvalue weighted by molar-refractivity contribution is 0.542. The molecule has 0 aliphatic carbocycles. The predicted molar refractivity (Wildman–Crippen MR) is 73.0 cm³/mol. The normalized spacial score (nSPS) is 12.4. The van der Waals surface area contributed by atoms with E-state index < -0.39 is 5.82 Å². The highest BCUT2D eigenvalue weighted by Gasteiger charge is 2.15. The molecule has 1 unspecified atom stereocenters. The Kier molecular flexibility index (Phi) is 4.27. The van der Waals surface area contributed by atoms with Gasteiger partial charge in [0.05, 0.1) is 0 Å². The molecule has 1 N–H and O–H groups in total. The summed E-state index contributed by atoms with van der Waals surface area (Å²) < 4.78 is 26.9. The van der Waals surface area contributed by atoms with Crippen molar-refractivity contribution in [1.29, 1.82) is 0 Å². The summed E-state index contributed by atoms with van der Waals surface area (Å²) >= 11 is 0. The van der Waals surface area contributed by atoms with E-state index in [1.807, 2.05) is 38.2 Å². The summed E-state index contributed by atoms with van der Waals surface area (Å²) in [6.07, 6.45) is 0.422. The smallest absolute Gasteiger partial charge is 0.126 e. The molecule has 1 nitrogen and oxygen atoms in total. The Hall–Kier alpha value is -1.74. The Morgan fingerprint density at radius 3 is 2.53 bits per heavy atom. The maximum absolute atomic E-state index is 13.7. The van der Waals surface area contributed by atoms with Crippen molar-refractivity contribution in [3.8, 4) is 0 Å². The number of rotatable bonds is 4. The first-order valence-electron chi connectivity index (χ1n) is 6.28. The molecule has 0 aromatic heterocycles. The third kappa shape index (κ3) is 3.18. The minimum atomic E-state index is -0.406. The van der Waals surface area contributed by atoms with Crippen LogP contribution in [0.2, 0.25) is 0 Å². The molecule has 0 aliphatic heterocycles. The van der Waals surface area contributed by atoms with Crippen molar-refractivity contribution in [2.45, 2.75) is 19.4 Å². The number of halogens is 2. The quantitative estimate of drug-likeness (QED) is 0.883. The Balaban J connectivity index is 2.29. The molecule has 0 saturated carbocycles. The van der Waals surface area contributed by atoms with Crippen LogP contribution in [0.15, 0.2) is 42.5 Å². The van der Waals surface area contributed by atoms with Gasteiger partial charge in [0.15, 0.2) is 0 Å². The van der Waals surface area contributed by atoms with Gasteiger partial charge in [-0.1, -0.05) is 24.3 Å². The predicted octanol–water partition coefficient (Wildman–Crippen LogP) is 3.78. The van der Waals surface area contributed by atoms with Crippen molar-refractivity contribution in [2.24, 2.45) is 0 Å². The highest BCUT2D eigenvalue weighted by Crippen LogP contribution is 2.23. The molecule has 3 heteroatoms. The monoisotopic (exact) mass is 261 g/mol. The van der Waals surface area contributed by atoms with Crippen molar-refractivity contribution in [3.63, 3.8) is 0 Å². The van der Waals surface area contributed by atoms with Gasteiger partial charge in [-0.15, -0.1) is 0 Å². The van der Waals surface area contributed by atoms with Gasteiger partial charge in [0.2, 0.25) is 0 Å². The zero-order chi connectivity index (χ0) is 13.8. The molecule has 2 rings (SSSR count). The van der Waals surface area contributed by atoms with E-state index in [0.29, 0.717) is 12.0 Å². The average Bonchev–Trinajstić information content (AvgIpc) is 2.41. The largest absolute Gasteiger partial charge is 0.313 e. The van der Waals surface area contributed by atoms with Crippen LogP contribution >= 0.6 is 0 Å². The van der Waals surface area contributed by atoms with Gasteiger partial charge in [0.1, 0.15) is 11.6 Å². The fourth-order valence-corrected chi connectivity index (χ4v) is 2.26. The Labute approximate surface area is 112 Å². The molecule has 2 aromatic rings. The molecule has 19 heavy (non-hydrogen) atoms. The molecule has 0 fully saturated rings. The van der Waals surface area contributed by atoms with Gasteiger partial charge in [-0.25, -0.2) is 8.78 Å². The van der Waals surface area contributed by atoms with Crippen LogP contribution in [0.5, 0.6) is 0 Å². The van der Waals surface area contributed by atoms with E-state index in [1.165, 1.54) is 12.1 Å². The lowest BCUT2D eigenvalue weighted by Gasteiger charge is -2.19. The minimum absolute atomic E-state index is 0.0301. The lowest BCUT2D eigenvalue weighted by Crippen LogP contribution is -2.20. The summed E-state index contributed by atoms with van der Waals surface area (Å²) in [5.41, 5.74) is 2.63. The summed E-state index contributed by atoms with van der Waals surface area (Å²) in [4.78, 5) is 0. The third-order valence-corrected chi connectivity index (χ3v) is 3.34. The van der Waals surface area contributed by atoms with E-state index in [-0.39, 0.29) is 11.9 Å². The Morgan fingerprint density at radius 2 is 1.84 bits per heavy atom. The second-order valence-electron chi connectivity index (χ2n) is 4.64. The molecule has 2 aromatic carbocycles. The van der Waals surface area contributed by atoms with Crippen LogP contribution < -0.4 is 5.32 Å². The SMILES string of the molecule is CNC(Cc1cc(F)ccc1F)c1ccccc1C. The third-order valence-electron chi connectivity index (χ3n) is 3.34. The zero-order valence-electron chi connectivity index (χ0n) is 11.1. The van der Waals surface area contributed by atoms with Crippen LogP contribution in [0.1, 0.15) is 22.7 Å². The Morgan fingerprint density at radius 1 is 1.11 bits per heavy atom. The summed E-state index contributed by atoms with van der Waals surface area (Å²) in [6.45, 7) is 2.02. The number of likely N-dealkylation sites (N-methyl/N-ethyl adjacent to an activating group) is 1. The van der Waals surface area contributed by atoms with E-state index in [4.69, 9.17) is 0 Å². The van der Waals surface area contributed by atoms with Crippen LogP contribution in [-0.2, 0) is 6.42 Å². The number of hydrogen-bond acceptors (Lipinski definition) is 1. The summed E-state index contributed by atoms with van der Waals surface area (Å²) in [6, 6.07) is 11.5. The van der Waals surface area contributed by atoms with Crippen LogP contribution in [0.4, 0.5) is 8.78 Å². The van der Waals surface area contributed by atoms with Crippen LogP contribution in [0.25, 0.3) is 0 Å². The van der Waals surface area contributed by atoms with Gasteiger partial charge < -0.3 is 5.32 Å². The van der Waals surface area contributed by atoms with Crippen molar-refractivity contribution in [1.82, 2.24) is 5.32 Å². The highest BCUT2D eigenvalue weighted by molar-refractivity contribution is 5.31. The number of aryl methyl sites for hydroxylation is 1. The first-order valence-corrected chi connectivity index (χ1v) is 6.28. The topological polar surface area (TPSA) is 12.0 Å². The number of hydrogen-bond donors (Lipinski definition) is 1. The summed E-state index contributed by atoms with van der Waals surface area (Å²) in [5, 5.41) is 3.17. The summed E-state index contributed by atoms with van der Waals surface area (Å²) in [7, 11) is 1.83.